The maximum atomic E-state index is 14.5. The molecule has 1 saturated carbocycles. The summed E-state index contributed by atoms with van der Waals surface area (Å²) >= 11 is 1.22. The van der Waals surface area contributed by atoms with Crippen molar-refractivity contribution in [2.75, 3.05) is 6.61 Å². The third-order valence-corrected chi connectivity index (χ3v) is 12.6. The summed E-state index contributed by atoms with van der Waals surface area (Å²) < 4.78 is 19.2. The highest BCUT2D eigenvalue weighted by molar-refractivity contribution is 8.14. The Balaban J connectivity index is 1.25. The van der Waals surface area contributed by atoms with Crippen molar-refractivity contribution in [3.05, 3.63) is 191 Å². The van der Waals surface area contributed by atoms with E-state index in [9.17, 15) is 28.4 Å². The highest BCUT2D eigenvalue weighted by atomic mass is 32.2. The molecule has 332 valence electrons. The van der Waals surface area contributed by atoms with Crippen molar-refractivity contribution in [3.8, 4) is 0 Å². The summed E-state index contributed by atoms with van der Waals surface area (Å²) in [7, 11) is 0. The van der Waals surface area contributed by atoms with Crippen molar-refractivity contribution in [1.29, 1.82) is 0 Å². The second-order valence-corrected chi connectivity index (χ2v) is 17.3. The van der Waals surface area contributed by atoms with Crippen molar-refractivity contribution in [3.63, 3.8) is 0 Å². The number of benzene rings is 5. The Morgan fingerprint density at radius 2 is 1.25 bits per heavy atom. The number of rotatable bonds is 21. The molecule has 0 radical (unpaired) electrons. The fraction of sp³-hybridized carbons (Fsp3) is 0.302. The molecule has 11 heteroatoms. The van der Waals surface area contributed by atoms with Crippen LogP contribution in [0.5, 0.6) is 0 Å². The van der Waals surface area contributed by atoms with Crippen LogP contribution in [0.3, 0.4) is 0 Å². The number of halogens is 1. The molecule has 1 aliphatic carbocycles. The van der Waals surface area contributed by atoms with Crippen LogP contribution in [-0.2, 0) is 42.3 Å². The molecule has 1 aliphatic rings. The molecular weight excluding hydrogens is 826 g/mol. The van der Waals surface area contributed by atoms with Gasteiger partial charge in [-0.2, -0.15) is 0 Å². The van der Waals surface area contributed by atoms with Crippen LogP contribution in [0.15, 0.2) is 158 Å². The Kier molecular flexibility index (Phi) is 17.6. The van der Waals surface area contributed by atoms with Crippen molar-refractivity contribution in [1.82, 2.24) is 16.0 Å². The molecule has 0 bridgehead atoms. The maximum Gasteiger partial charge on any atom is 0.330 e. The molecule has 0 heterocycles. The van der Waals surface area contributed by atoms with Crippen LogP contribution < -0.4 is 16.0 Å². The van der Waals surface area contributed by atoms with Gasteiger partial charge in [-0.1, -0.05) is 164 Å². The summed E-state index contributed by atoms with van der Waals surface area (Å²) in [5.74, 6) is -3.16. The lowest BCUT2D eigenvalue weighted by Crippen LogP contribution is -2.48. The minimum absolute atomic E-state index is 0.0578. The van der Waals surface area contributed by atoms with E-state index in [0.29, 0.717) is 5.56 Å². The average Bonchev–Trinajstić information content (AvgIpc) is 3.83. The summed E-state index contributed by atoms with van der Waals surface area (Å²) in [4.78, 5) is 69.1. The number of amides is 3. The standard InChI is InChI=1S/C53H56FN3O6S/c1-2-63-50(60)34-32-45(31-33-49(59)57-53(41-19-9-4-10-20-41,42-21-11-5-12-22-42)43-23-13-6-14-24-43)55-51(61)40(35-39-27-29-44(54)30-28-39)37-48(58)47(36-38-17-7-3-8-18-38)56-52(62)64-46-25-15-16-26-46/h3-14,17-24,27-30,32,34,40,45-47H,2,15-16,25-26,31,33,35-37H2,1H3,(H,55,61)(H,56,62)(H,57,59)/b34-32+/t40-,45-,47-/m0/s1. The van der Waals surface area contributed by atoms with Gasteiger partial charge >= 0.3 is 5.97 Å². The third-order valence-electron chi connectivity index (χ3n) is 11.5. The minimum atomic E-state index is -1.07. The molecule has 0 aromatic heterocycles. The molecular formula is C53H56FN3O6S. The molecule has 64 heavy (non-hydrogen) atoms. The van der Waals surface area contributed by atoms with Crippen molar-refractivity contribution >= 4 is 40.6 Å². The second-order valence-electron chi connectivity index (χ2n) is 16.1. The molecule has 1 fully saturated rings. The van der Waals surface area contributed by atoms with Gasteiger partial charge in [-0.3, -0.25) is 19.2 Å². The number of hydrogen-bond acceptors (Lipinski definition) is 7. The van der Waals surface area contributed by atoms with Gasteiger partial charge in [0, 0.05) is 36.1 Å². The van der Waals surface area contributed by atoms with Gasteiger partial charge in [-0.25, -0.2) is 9.18 Å². The van der Waals surface area contributed by atoms with E-state index in [2.05, 4.69) is 16.0 Å². The maximum absolute atomic E-state index is 14.5. The zero-order valence-corrected chi connectivity index (χ0v) is 36.9. The van der Waals surface area contributed by atoms with Crippen molar-refractivity contribution < 1.29 is 33.1 Å². The highest BCUT2D eigenvalue weighted by Gasteiger charge is 2.38. The van der Waals surface area contributed by atoms with E-state index in [4.69, 9.17) is 4.74 Å². The normalized spacial score (nSPS) is 14.3. The van der Waals surface area contributed by atoms with Crippen LogP contribution in [0.1, 0.15) is 79.7 Å². The molecule has 3 amide bonds. The van der Waals surface area contributed by atoms with Gasteiger partial charge in [-0.15, -0.1) is 0 Å². The number of thioether (sulfide) groups is 1. The van der Waals surface area contributed by atoms with Crippen molar-refractivity contribution in [2.45, 2.75) is 87.6 Å². The van der Waals surface area contributed by atoms with E-state index in [0.717, 1.165) is 47.9 Å². The smallest absolute Gasteiger partial charge is 0.330 e. The van der Waals surface area contributed by atoms with Gasteiger partial charge in [0.25, 0.3) is 5.24 Å². The quantitative estimate of drug-likeness (QED) is 0.0381. The molecule has 3 N–H and O–H groups in total. The van der Waals surface area contributed by atoms with Gasteiger partial charge in [0.2, 0.25) is 11.8 Å². The molecule has 3 atom stereocenters. The average molecular weight is 882 g/mol. The number of hydrogen-bond donors (Lipinski definition) is 3. The number of esters is 1. The van der Waals surface area contributed by atoms with E-state index < -0.39 is 41.2 Å². The zero-order valence-electron chi connectivity index (χ0n) is 36.1. The first-order valence-corrected chi connectivity index (χ1v) is 22.9. The largest absolute Gasteiger partial charge is 0.463 e. The molecule has 9 nitrogen and oxygen atoms in total. The summed E-state index contributed by atoms with van der Waals surface area (Å²) in [6.45, 7) is 1.83. The Morgan fingerprint density at radius 3 is 1.80 bits per heavy atom. The SMILES string of the molecule is CCOC(=O)/C=C/[C@H](CCC(=O)NC(c1ccccc1)(c1ccccc1)c1ccccc1)NC(=O)[C@H](CC(=O)[C@H](Cc1ccccc1)NC(=O)SC1CCCC1)Cc1ccc(F)cc1. The first-order chi connectivity index (χ1) is 31.1. The van der Waals surface area contributed by atoms with Crippen LogP contribution in [0, 0.1) is 11.7 Å². The van der Waals surface area contributed by atoms with E-state index in [1.807, 2.05) is 121 Å². The van der Waals surface area contributed by atoms with Crippen LogP contribution in [0.25, 0.3) is 0 Å². The van der Waals surface area contributed by atoms with Crippen LogP contribution in [-0.4, -0.2) is 52.7 Å². The summed E-state index contributed by atoms with van der Waals surface area (Å²) in [6.07, 6.45) is 6.84. The summed E-state index contributed by atoms with van der Waals surface area (Å²) in [6, 6.07) is 42.5. The Hall–Kier alpha value is -6.33. The number of ether oxygens (including phenoxy) is 1. The minimum Gasteiger partial charge on any atom is -0.463 e. The van der Waals surface area contributed by atoms with E-state index in [1.165, 1.54) is 36.0 Å². The zero-order chi connectivity index (χ0) is 45.2. The lowest BCUT2D eigenvalue weighted by atomic mass is 9.77. The molecule has 5 aromatic carbocycles. The van der Waals surface area contributed by atoms with E-state index >= 15 is 0 Å². The number of Topliss-reactive ketones (excluding diaryl/α,β-unsaturated/α-hetero) is 1. The molecule has 0 spiro atoms. The van der Waals surface area contributed by atoms with Crippen molar-refractivity contribution in [2.24, 2.45) is 5.92 Å². The summed E-state index contributed by atoms with van der Waals surface area (Å²) in [5.41, 5.74) is 2.96. The van der Waals surface area contributed by atoms with E-state index in [-0.39, 0.29) is 60.9 Å². The van der Waals surface area contributed by atoms with Gasteiger partial charge in [-0.05, 0) is 79.0 Å². The first kappa shape index (κ1) is 47.2. The van der Waals surface area contributed by atoms with Crippen LogP contribution >= 0.6 is 11.8 Å². The van der Waals surface area contributed by atoms with Crippen LogP contribution in [0.2, 0.25) is 0 Å². The highest BCUT2D eigenvalue weighted by Crippen LogP contribution is 2.37. The molecule has 6 rings (SSSR count). The molecule has 0 unspecified atom stereocenters. The molecule has 0 saturated heterocycles. The number of carbonyl (C=O) groups excluding carboxylic acids is 5. The van der Waals surface area contributed by atoms with Gasteiger partial charge in [0.05, 0.1) is 12.6 Å². The lowest BCUT2D eigenvalue weighted by molar-refractivity contribution is -0.137. The number of carbonyl (C=O) groups is 5. The Labute approximate surface area is 379 Å². The monoisotopic (exact) mass is 881 g/mol. The van der Waals surface area contributed by atoms with Crippen LogP contribution in [0.4, 0.5) is 9.18 Å². The predicted molar refractivity (Wildman–Crippen MR) is 250 cm³/mol. The first-order valence-electron chi connectivity index (χ1n) is 22.0. The number of nitrogens with one attached hydrogen (secondary N) is 3. The van der Waals surface area contributed by atoms with Gasteiger partial charge in [0.15, 0.2) is 5.78 Å². The topological polar surface area (TPSA) is 131 Å². The second kappa shape index (κ2) is 23.9. The predicted octanol–water partition coefficient (Wildman–Crippen LogP) is 9.43. The summed E-state index contributed by atoms with van der Waals surface area (Å²) in [5, 5.41) is 9.24. The number of ketones is 1. The van der Waals surface area contributed by atoms with E-state index in [1.54, 1.807) is 19.1 Å². The fourth-order valence-corrected chi connectivity index (χ4v) is 9.30. The van der Waals surface area contributed by atoms with Gasteiger partial charge < -0.3 is 20.7 Å². The Morgan fingerprint density at radius 1 is 0.719 bits per heavy atom. The molecule has 5 aromatic rings. The third kappa shape index (κ3) is 13.6. The van der Waals surface area contributed by atoms with Gasteiger partial charge in [0.1, 0.15) is 11.4 Å². The molecule has 0 aliphatic heterocycles. The Bertz CT molecular complexity index is 2210. The lowest BCUT2D eigenvalue weighted by Gasteiger charge is -2.37. The fourth-order valence-electron chi connectivity index (χ4n) is 8.22.